The van der Waals surface area contributed by atoms with Crippen LogP contribution in [0.4, 0.5) is 5.82 Å². The third-order valence-electron chi connectivity index (χ3n) is 3.60. The van der Waals surface area contributed by atoms with Gasteiger partial charge >= 0.3 is 59.1 Å². The van der Waals surface area contributed by atoms with Gasteiger partial charge in [-0.2, -0.15) is 0 Å². The Kier molecular flexibility index (Phi) is 9.10. The first-order valence-electron chi connectivity index (χ1n) is 6.85. The fraction of sp³-hybridized carbons (Fsp3) is 0.545. The van der Waals surface area contributed by atoms with Gasteiger partial charge in [0.25, 0.3) is 0 Å². The number of nitrogens with zero attached hydrogens (tertiary/aromatic N) is 4. The first-order chi connectivity index (χ1) is 11.3. The van der Waals surface area contributed by atoms with Crippen LogP contribution >= 0.6 is 7.82 Å². The zero-order valence-corrected chi connectivity index (χ0v) is 19.2. The zero-order valence-electron chi connectivity index (χ0n) is 14.3. The van der Waals surface area contributed by atoms with Crippen LogP contribution in [0.1, 0.15) is 6.23 Å². The molecule has 0 radical (unpaired) electrons. The molecule has 2 aromatic heterocycles. The van der Waals surface area contributed by atoms with E-state index in [1.165, 1.54) is 17.2 Å². The van der Waals surface area contributed by atoms with Crippen LogP contribution < -0.4 is 74.2 Å². The number of fused-ring (bicyclic) bond motifs is 1. The van der Waals surface area contributed by atoms with E-state index >= 15 is 0 Å². The van der Waals surface area contributed by atoms with Crippen LogP contribution in [-0.4, -0.2) is 61.7 Å². The number of hydrogen-bond donors (Lipinski definition) is 3. The molecule has 0 spiro atoms. The average Bonchev–Trinajstić information content (AvgIpc) is 3.07. The van der Waals surface area contributed by atoms with Crippen LogP contribution in [0.15, 0.2) is 12.7 Å². The molecule has 132 valence electrons. The number of phosphoric acid groups is 1. The molecule has 0 aliphatic carbocycles. The van der Waals surface area contributed by atoms with Gasteiger partial charge in [-0.15, -0.1) is 0 Å². The summed E-state index contributed by atoms with van der Waals surface area (Å²) in [6.45, 7) is -0.706. The Morgan fingerprint density at radius 2 is 2.00 bits per heavy atom. The Labute approximate surface area is 192 Å². The minimum Gasteiger partial charge on any atom is -0.790 e. The van der Waals surface area contributed by atoms with Crippen LogP contribution in [0, 0.1) is 0 Å². The summed E-state index contributed by atoms with van der Waals surface area (Å²) in [6.07, 6.45) is -2.52. The van der Waals surface area contributed by atoms with Crippen molar-refractivity contribution in [3.8, 4) is 0 Å². The summed E-state index contributed by atoms with van der Waals surface area (Å²) in [5.41, 5.74) is 0.763. The topological polar surface area (TPSA) is 178 Å². The van der Waals surface area contributed by atoms with E-state index in [0.29, 0.717) is 17.0 Å². The second kappa shape index (κ2) is 9.70. The van der Waals surface area contributed by atoms with Crippen molar-refractivity contribution >= 4 is 24.8 Å². The summed E-state index contributed by atoms with van der Waals surface area (Å²) in [4.78, 5) is 33.3. The van der Waals surface area contributed by atoms with Gasteiger partial charge in [-0.3, -0.25) is 4.57 Å². The normalized spacial score (nSPS) is 25.6. The summed E-state index contributed by atoms with van der Waals surface area (Å²) in [5, 5.41) is 23.0. The Hall–Kier alpha value is 0.340. The molecule has 26 heavy (non-hydrogen) atoms. The van der Waals surface area contributed by atoms with E-state index in [0.717, 1.165) is 0 Å². The van der Waals surface area contributed by atoms with Gasteiger partial charge < -0.3 is 39.1 Å². The first-order valence-corrected chi connectivity index (χ1v) is 8.31. The van der Waals surface area contributed by atoms with Gasteiger partial charge in [0.1, 0.15) is 30.2 Å². The van der Waals surface area contributed by atoms with E-state index in [2.05, 4.69) is 24.8 Å². The molecule has 1 aliphatic heterocycles. The number of phosphoric ester groups is 1. The molecule has 1 fully saturated rings. The van der Waals surface area contributed by atoms with E-state index in [4.69, 9.17) is 4.74 Å². The number of hydrogen-bond acceptors (Lipinski definition) is 11. The second-order valence-corrected chi connectivity index (χ2v) is 6.24. The number of imidazole rings is 1. The summed E-state index contributed by atoms with van der Waals surface area (Å²) in [5.74, 6) is 0.463. The maximum Gasteiger partial charge on any atom is 1.00 e. The maximum atomic E-state index is 10.5. The Morgan fingerprint density at radius 1 is 1.31 bits per heavy atom. The van der Waals surface area contributed by atoms with Gasteiger partial charge in [0.2, 0.25) is 0 Å². The molecule has 4 unspecified atom stereocenters. The summed E-state index contributed by atoms with van der Waals surface area (Å²) < 4.78 is 21.5. The molecule has 15 heteroatoms. The molecule has 12 nitrogen and oxygen atoms in total. The molecule has 0 amide bonds. The molecule has 3 N–H and O–H groups in total. The second-order valence-electron chi connectivity index (χ2n) is 5.09. The number of aliphatic hydroxyl groups excluding tert-OH is 2. The molecule has 2 aromatic rings. The van der Waals surface area contributed by atoms with Gasteiger partial charge in [0.05, 0.1) is 20.8 Å². The zero-order chi connectivity index (χ0) is 17.5. The van der Waals surface area contributed by atoms with Crippen LogP contribution in [-0.2, 0) is 13.8 Å². The number of aromatic nitrogens is 4. The van der Waals surface area contributed by atoms with Gasteiger partial charge in [0.15, 0.2) is 17.7 Å². The quantitative estimate of drug-likeness (QED) is 0.318. The Morgan fingerprint density at radius 3 is 2.62 bits per heavy atom. The van der Waals surface area contributed by atoms with E-state index in [1.807, 2.05) is 0 Å². The predicted molar refractivity (Wildman–Crippen MR) is 74.4 cm³/mol. The Balaban J connectivity index is 0.00000169. The Bertz CT molecular complexity index is 789. The standard InChI is InChI=1S/C11H16N5O7P.2Na/c1-12-9-6-10(14-3-13-9)16(4-15-6)11-8(18)7(17)5(23-11)2-22-24(19,20)21;;/h3-5,7-8,11,17-18H,2H2,1H3,(H,12,13,14)(H2,19,20,21);;/q;2*+1/p-2. The maximum absolute atomic E-state index is 10.5. The van der Waals surface area contributed by atoms with Gasteiger partial charge in [0, 0.05) is 7.05 Å². The third-order valence-corrected chi connectivity index (χ3v) is 4.07. The number of aliphatic hydroxyl groups is 2. The average molecular weight is 405 g/mol. The molecule has 0 saturated carbocycles. The van der Waals surface area contributed by atoms with Crippen molar-refractivity contribution < 1.29 is 92.9 Å². The van der Waals surface area contributed by atoms with Crippen molar-refractivity contribution in [3.05, 3.63) is 12.7 Å². The number of rotatable bonds is 5. The van der Waals surface area contributed by atoms with Gasteiger partial charge in [-0.25, -0.2) is 15.0 Å². The third kappa shape index (κ3) is 5.03. The molecular formula is C11H14N5Na2O7P. The first kappa shape index (κ1) is 24.4. The van der Waals surface area contributed by atoms with Crippen molar-refractivity contribution in [1.29, 1.82) is 0 Å². The summed E-state index contributed by atoms with van der Waals surface area (Å²) in [7, 11) is -3.56. The van der Waals surface area contributed by atoms with Crippen molar-refractivity contribution in [1.82, 2.24) is 19.5 Å². The van der Waals surface area contributed by atoms with Crippen molar-refractivity contribution in [2.24, 2.45) is 0 Å². The van der Waals surface area contributed by atoms with Crippen LogP contribution in [0.3, 0.4) is 0 Å². The smallest absolute Gasteiger partial charge is 0.790 e. The van der Waals surface area contributed by atoms with Gasteiger partial charge in [-0.05, 0) is 0 Å². The number of nitrogens with one attached hydrogen (secondary N) is 1. The van der Waals surface area contributed by atoms with Crippen LogP contribution in [0.2, 0.25) is 0 Å². The van der Waals surface area contributed by atoms with Crippen molar-refractivity contribution in [2.45, 2.75) is 24.5 Å². The van der Waals surface area contributed by atoms with Crippen molar-refractivity contribution in [3.63, 3.8) is 0 Å². The molecule has 0 bridgehead atoms. The van der Waals surface area contributed by atoms with E-state index in [1.54, 1.807) is 7.05 Å². The minimum absolute atomic E-state index is 0. The van der Waals surface area contributed by atoms with Gasteiger partial charge in [-0.1, -0.05) is 0 Å². The SMILES string of the molecule is CNc1ncnc2c1ncn2C1OC(COP(=O)([O-])[O-])C(O)C1O.[Na+].[Na+]. The summed E-state index contributed by atoms with van der Waals surface area (Å²) >= 11 is 0. The predicted octanol–water partition coefficient (Wildman–Crippen LogP) is -8.66. The largest absolute Gasteiger partial charge is 1.00 e. The van der Waals surface area contributed by atoms with E-state index in [-0.39, 0.29) is 59.1 Å². The molecule has 3 heterocycles. The van der Waals surface area contributed by atoms with Crippen molar-refractivity contribution in [2.75, 3.05) is 19.0 Å². The fourth-order valence-corrected chi connectivity index (χ4v) is 2.81. The van der Waals surface area contributed by atoms with E-state index in [9.17, 15) is 24.6 Å². The molecule has 3 rings (SSSR count). The minimum atomic E-state index is -5.21. The molecular weight excluding hydrogens is 391 g/mol. The fourth-order valence-electron chi connectivity index (χ4n) is 2.48. The molecule has 1 saturated heterocycles. The molecule has 0 aromatic carbocycles. The van der Waals surface area contributed by atoms with E-state index < -0.39 is 39.0 Å². The van der Waals surface area contributed by atoms with Crippen LogP contribution in [0.5, 0.6) is 0 Å². The summed E-state index contributed by atoms with van der Waals surface area (Å²) in [6, 6.07) is 0. The monoisotopic (exact) mass is 405 g/mol. The number of ether oxygens (including phenoxy) is 1. The molecule has 1 aliphatic rings. The molecule has 4 atom stereocenters. The van der Waals surface area contributed by atoms with Crippen LogP contribution in [0.25, 0.3) is 11.2 Å². The number of anilines is 1.